The van der Waals surface area contributed by atoms with Crippen molar-refractivity contribution in [1.29, 1.82) is 0 Å². The smallest absolute Gasteiger partial charge is 0.339 e. The number of carbonyl (C=O) groups excluding carboxylic acids is 1. The molecule has 0 aromatic heterocycles. The van der Waals surface area contributed by atoms with Gasteiger partial charge in [0, 0.05) is 28.9 Å². The maximum atomic E-state index is 13.5. The van der Waals surface area contributed by atoms with E-state index in [9.17, 15) is 19.8 Å². The molecule has 0 bridgehead atoms. The lowest BCUT2D eigenvalue weighted by Crippen LogP contribution is -2.32. The number of benzene rings is 3. The van der Waals surface area contributed by atoms with Crippen LogP contribution in [0.4, 0.5) is 5.69 Å². The van der Waals surface area contributed by atoms with Crippen LogP contribution in [0.2, 0.25) is 5.02 Å². The van der Waals surface area contributed by atoms with Crippen molar-refractivity contribution < 1.29 is 19.8 Å². The van der Waals surface area contributed by atoms with Gasteiger partial charge in [0.25, 0.3) is 5.91 Å². The van der Waals surface area contributed by atoms with Gasteiger partial charge in [0.05, 0.1) is 0 Å². The number of carbonyl (C=O) groups is 2. The monoisotopic (exact) mass is 477 g/mol. The fourth-order valence-electron chi connectivity index (χ4n) is 4.66. The molecule has 6 heteroatoms. The second-order valence-electron chi connectivity index (χ2n) is 8.84. The summed E-state index contributed by atoms with van der Waals surface area (Å²) in [6.45, 7) is 0.500. The Labute approximate surface area is 204 Å². The zero-order chi connectivity index (χ0) is 24.1. The predicted octanol–water partition coefficient (Wildman–Crippen LogP) is 7.03. The van der Waals surface area contributed by atoms with Gasteiger partial charge >= 0.3 is 5.97 Å². The Morgan fingerprint density at radius 2 is 1.53 bits per heavy atom. The number of rotatable bonds is 8. The second-order valence-corrected chi connectivity index (χ2v) is 9.28. The Morgan fingerprint density at radius 3 is 2.12 bits per heavy atom. The minimum atomic E-state index is -1.21. The second kappa shape index (κ2) is 10.7. The number of aromatic hydroxyl groups is 1. The molecule has 1 aliphatic rings. The zero-order valence-corrected chi connectivity index (χ0v) is 19.7. The first-order chi connectivity index (χ1) is 16.4. The standard InChI is InChI=1S/C28H28ClNO4/c29-23-13-11-21(12-14-23)20-7-9-22(10-8-20)27(32)30(17-3-6-19-4-1-2-5-19)24-15-16-25(28(33)34)26(31)18-24/h7-16,18-19,31H,1-6,17H2,(H,33,34). The average molecular weight is 478 g/mol. The van der Waals surface area contributed by atoms with E-state index in [2.05, 4.69) is 0 Å². The lowest BCUT2D eigenvalue weighted by atomic mass is 10.0. The molecule has 0 spiro atoms. The number of carboxylic acids is 1. The molecule has 3 aromatic rings. The molecule has 0 radical (unpaired) electrons. The minimum absolute atomic E-state index is 0.184. The molecule has 0 aliphatic heterocycles. The van der Waals surface area contributed by atoms with Gasteiger partial charge in [-0.05, 0) is 66.3 Å². The number of hydrogen-bond donors (Lipinski definition) is 2. The van der Waals surface area contributed by atoms with E-state index in [1.807, 2.05) is 36.4 Å². The maximum absolute atomic E-state index is 13.5. The van der Waals surface area contributed by atoms with E-state index in [1.54, 1.807) is 23.1 Å². The third kappa shape index (κ3) is 5.60. The summed E-state index contributed by atoms with van der Waals surface area (Å²) in [6, 6.07) is 19.2. The normalized spacial score (nSPS) is 13.7. The van der Waals surface area contributed by atoms with Crippen LogP contribution in [0.3, 0.4) is 0 Å². The van der Waals surface area contributed by atoms with Crippen molar-refractivity contribution >= 4 is 29.2 Å². The lowest BCUT2D eigenvalue weighted by Gasteiger charge is -2.24. The van der Waals surface area contributed by atoms with Crippen LogP contribution in [0.5, 0.6) is 5.75 Å². The number of amides is 1. The summed E-state index contributed by atoms with van der Waals surface area (Å²) in [5.41, 5.74) is 2.81. The van der Waals surface area contributed by atoms with Gasteiger partial charge in [-0.15, -0.1) is 0 Å². The Morgan fingerprint density at radius 1 is 0.912 bits per heavy atom. The summed E-state index contributed by atoms with van der Waals surface area (Å²) in [6.07, 6.45) is 6.94. The summed E-state index contributed by atoms with van der Waals surface area (Å²) in [4.78, 5) is 26.4. The molecule has 0 unspecified atom stereocenters. The van der Waals surface area contributed by atoms with Crippen molar-refractivity contribution in [2.45, 2.75) is 38.5 Å². The Balaban J connectivity index is 1.56. The van der Waals surface area contributed by atoms with Crippen LogP contribution >= 0.6 is 11.6 Å². The largest absolute Gasteiger partial charge is 0.507 e. The molecule has 0 saturated heterocycles. The van der Waals surface area contributed by atoms with E-state index in [-0.39, 0.29) is 17.2 Å². The van der Waals surface area contributed by atoms with Crippen LogP contribution in [-0.2, 0) is 0 Å². The first kappa shape index (κ1) is 23.8. The van der Waals surface area contributed by atoms with Gasteiger partial charge in [0.2, 0.25) is 0 Å². The number of aromatic carboxylic acids is 1. The Kier molecular flexibility index (Phi) is 7.53. The fourth-order valence-corrected chi connectivity index (χ4v) is 4.78. The van der Waals surface area contributed by atoms with Crippen molar-refractivity contribution in [3.05, 3.63) is 82.9 Å². The van der Waals surface area contributed by atoms with E-state index in [0.717, 1.165) is 24.0 Å². The van der Waals surface area contributed by atoms with Crippen LogP contribution in [-0.4, -0.2) is 28.6 Å². The van der Waals surface area contributed by atoms with Crippen molar-refractivity contribution in [1.82, 2.24) is 0 Å². The van der Waals surface area contributed by atoms with Gasteiger partial charge in [-0.3, -0.25) is 4.79 Å². The van der Waals surface area contributed by atoms with Crippen molar-refractivity contribution in [2.24, 2.45) is 5.92 Å². The molecular formula is C28H28ClNO4. The summed E-state index contributed by atoms with van der Waals surface area (Å²) in [7, 11) is 0. The topological polar surface area (TPSA) is 77.8 Å². The molecule has 3 aromatic carbocycles. The van der Waals surface area contributed by atoms with E-state index >= 15 is 0 Å². The minimum Gasteiger partial charge on any atom is -0.507 e. The molecular weight excluding hydrogens is 450 g/mol. The highest BCUT2D eigenvalue weighted by atomic mass is 35.5. The number of halogens is 1. The first-order valence-corrected chi connectivity index (χ1v) is 12.0. The fraction of sp³-hybridized carbons (Fsp3) is 0.286. The van der Waals surface area contributed by atoms with Crippen molar-refractivity contribution in [2.75, 3.05) is 11.4 Å². The van der Waals surface area contributed by atoms with Crippen LogP contribution in [0, 0.1) is 5.92 Å². The Bertz CT molecular complexity index is 1150. The average Bonchev–Trinajstić information content (AvgIpc) is 3.35. The molecule has 0 heterocycles. The predicted molar refractivity (Wildman–Crippen MR) is 135 cm³/mol. The van der Waals surface area contributed by atoms with Gasteiger partial charge in [-0.2, -0.15) is 0 Å². The SMILES string of the molecule is O=C(O)c1ccc(N(CCCC2CCCC2)C(=O)c2ccc(-c3ccc(Cl)cc3)cc2)cc1O. The molecule has 4 rings (SSSR count). The molecule has 1 amide bonds. The van der Waals surface area contributed by atoms with Gasteiger partial charge < -0.3 is 15.1 Å². The van der Waals surface area contributed by atoms with E-state index in [1.165, 1.54) is 37.8 Å². The maximum Gasteiger partial charge on any atom is 0.339 e. The third-order valence-corrected chi connectivity index (χ3v) is 6.80. The van der Waals surface area contributed by atoms with E-state index < -0.39 is 5.97 Å². The highest BCUT2D eigenvalue weighted by Crippen LogP contribution is 2.31. The summed E-state index contributed by atoms with van der Waals surface area (Å²) in [5, 5.41) is 20.1. The molecule has 5 nitrogen and oxygen atoms in total. The summed E-state index contributed by atoms with van der Waals surface area (Å²) in [5.74, 6) is -1.03. The highest BCUT2D eigenvalue weighted by Gasteiger charge is 2.21. The number of phenols is 1. The molecule has 2 N–H and O–H groups in total. The molecule has 0 atom stereocenters. The molecule has 176 valence electrons. The quantitative estimate of drug-likeness (QED) is 0.365. The van der Waals surface area contributed by atoms with Gasteiger partial charge in [0.15, 0.2) is 0 Å². The summed E-state index contributed by atoms with van der Waals surface area (Å²) < 4.78 is 0. The number of nitrogens with zero attached hydrogens (tertiary/aromatic N) is 1. The van der Waals surface area contributed by atoms with Crippen molar-refractivity contribution in [3.8, 4) is 16.9 Å². The van der Waals surface area contributed by atoms with E-state index in [4.69, 9.17) is 11.6 Å². The molecule has 1 aliphatic carbocycles. The molecule has 1 fully saturated rings. The molecule has 34 heavy (non-hydrogen) atoms. The Hall–Kier alpha value is -3.31. The van der Waals surface area contributed by atoms with Crippen LogP contribution < -0.4 is 4.90 Å². The molecule has 1 saturated carbocycles. The van der Waals surface area contributed by atoms with Crippen molar-refractivity contribution in [3.63, 3.8) is 0 Å². The first-order valence-electron chi connectivity index (χ1n) is 11.7. The number of carboxylic acid groups (broad SMARTS) is 1. The van der Waals surface area contributed by atoms with Gasteiger partial charge in [-0.1, -0.05) is 61.5 Å². The van der Waals surface area contributed by atoms with Gasteiger partial charge in [-0.25, -0.2) is 4.79 Å². The lowest BCUT2D eigenvalue weighted by molar-refractivity contribution is 0.0693. The number of hydrogen-bond acceptors (Lipinski definition) is 3. The van der Waals surface area contributed by atoms with Crippen LogP contribution in [0.15, 0.2) is 66.7 Å². The zero-order valence-electron chi connectivity index (χ0n) is 18.9. The summed E-state index contributed by atoms with van der Waals surface area (Å²) >= 11 is 5.98. The van der Waals surface area contributed by atoms with Crippen LogP contribution in [0.25, 0.3) is 11.1 Å². The van der Waals surface area contributed by atoms with Crippen LogP contribution in [0.1, 0.15) is 59.2 Å². The van der Waals surface area contributed by atoms with Gasteiger partial charge in [0.1, 0.15) is 11.3 Å². The third-order valence-electron chi connectivity index (χ3n) is 6.55. The highest BCUT2D eigenvalue weighted by molar-refractivity contribution is 6.30. The number of anilines is 1. The van der Waals surface area contributed by atoms with E-state index in [0.29, 0.717) is 28.7 Å².